The monoisotopic (exact) mass is 528 g/mol. The maximum Gasteiger partial charge on any atom is -1.00 e. The number of hydrogen-bond donors (Lipinski definition) is 0. The summed E-state index contributed by atoms with van der Waals surface area (Å²) in [4.78, 5) is 0. The van der Waals surface area contributed by atoms with Gasteiger partial charge in [-0.05, 0) is 0 Å². The second-order valence-electron chi connectivity index (χ2n) is 9.01. The zero-order valence-electron chi connectivity index (χ0n) is 19.1. The Balaban J connectivity index is 0.00000171. The van der Waals surface area contributed by atoms with Crippen molar-refractivity contribution in [1.29, 1.82) is 0 Å². The van der Waals surface area contributed by atoms with E-state index in [0.29, 0.717) is 15.5 Å². The Bertz CT molecular complexity index is 1040. The molecule has 0 aromatic heterocycles. The van der Waals surface area contributed by atoms with E-state index in [0.717, 1.165) is 0 Å². The molecular weight excluding hydrogens is 498 g/mol. The number of fused-ring (bicyclic) bond motifs is 1. The average Bonchev–Trinajstić information content (AvgIpc) is 3.34. The van der Waals surface area contributed by atoms with Crippen LogP contribution in [0.1, 0.15) is 61.4 Å². The van der Waals surface area contributed by atoms with Gasteiger partial charge in [-0.3, -0.25) is 0 Å². The largest absolute Gasteiger partial charge is 1.00 e. The second-order valence-corrected chi connectivity index (χ2v) is 16.0. The summed E-state index contributed by atoms with van der Waals surface area (Å²) in [5, 5.41) is 0. The molecule has 0 nitrogen and oxygen atoms in total. The summed E-state index contributed by atoms with van der Waals surface area (Å²) in [7, 11) is 0. The maximum atomic E-state index is 2.63. The Morgan fingerprint density at radius 1 is 0.871 bits per heavy atom. The first-order chi connectivity index (χ1) is 14.0. The van der Waals surface area contributed by atoms with Crippen molar-refractivity contribution in [2.45, 2.75) is 44.7 Å². The van der Waals surface area contributed by atoms with Gasteiger partial charge in [0.15, 0.2) is 0 Å². The Morgan fingerprint density at radius 2 is 1.52 bits per heavy atom. The fourth-order valence-electron chi connectivity index (χ4n) is 4.91. The van der Waals surface area contributed by atoms with Crippen molar-refractivity contribution in [3.05, 3.63) is 97.9 Å². The molecule has 0 amide bonds. The van der Waals surface area contributed by atoms with Crippen LogP contribution in [0.15, 0.2) is 81.2 Å². The molecule has 0 spiro atoms. The van der Waals surface area contributed by atoms with E-state index in [1.54, 1.807) is 23.2 Å². The van der Waals surface area contributed by atoms with Crippen LogP contribution in [0.4, 0.5) is 0 Å². The van der Waals surface area contributed by atoms with Crippen molar-refractivity contribution in [1.82, 2.24) is 0 Å². The third-order valence-electron chi connectivity index (χ3n) is 6.47. The maximum absolute atomic E-state index is 2.63. The van der Waals surface area contributed by atoms with Crippen molar-refractivity contribution in [2.24, 2.45) is 11.8 Å². The normalized spacial score (nSPS) is 17.3. The minimum atomic E-state index is -2.16. The third kappa shape index (κ3) is 5.32. The van der Waals surface area contributed by atoms with E-state index in [2.05, 4.69) is 107 Å². The molecule has 162 valence electrons. The van der Waals surface area contributed by atoms with Gasteiger partial charge in [0.25, 0.3) is 0 Å². The molecule has 0 fully saturated rings. The van der Waals surface area contributed by atoms with E-state index in [1.165, 1.54) is 17.5 Å². The summed E-state index contributed by atoms with van der Waals surface area (Å²) in [6, 6.07) is 20.2. The van der Waals surface area contributed by atoms with E-state index in [1.807, 2.05) is 0 Å². The van der Waals surface area contributed by atoms with Crippen molar-refractivity contribution in [3.63, 3.8) is 0 Å². The first-order valence-electron chi connectivity index (χ1n) is 10.9. The molecule has 0 bridgehead atoms. The minimum Gasteiger partial charge on any atom is -1.00 e. The summed E-state index contributed by atoms with van der Waals surface area (Å²) in [6.07, 6.45) is 8.73. The van der Waals surface area contributed by atoms with Crippen LogP contribution >= 0.6 is 0 Å². The van der Waals surface area contributed by atoms with Crippen LogP contribution in [-0.4, -0.2) is 3.21 Å². The summed E-state index contributed by atoms with van der Waals surface area (Å²) >= 11 is -2.16. The number of hydrogen-bond acceptors (Lipinski definition) is 0. The van der Waals surface area contributed by atoms with Gasteiger partial charge in [0.05, 0.1) is 0 Å². The van der Waals surface area contributed by atoms with E-state index in [9.17, 15) is 0 Å². The first kappa shape index (κ1) is 26.2. The molecular formula is C28H32Cl2Zr. The Morgan fingerprint density at radius 3 is 2.13 bits per heavy atom. The molecule has 2 aromatic carbocycles. The number of rotatable bonds is 5. The van der Waals surface area contributed by atoms with Crippen LogP contribution < -0.4 is 24.8 Å². The number of halogens is 2. The van der Waals surface area contributed by atoms with Crippen LogP contribution in [0.3, 0.4) is 0 Å². The topological polar surface area (TPSA) is 0 Å². The zero-order valence-corrected chi connectivity index (χ0v) is 23.1. The Labute approximate surface area is 208 Å². The van der Waals surface area contributed by atoms with E-state index in [4.69, 9.17) is 0 Å². The fourth-order valence-corrected chi connectivity index (χ4v) is 13.2. The van der Waals surface area contributed by atoms with Crippen molar-refractivity contribution in [2.75, 3.05) is 0 Å². The van der Waals surface area contributed by atoms with Crippen molar-refractivity contribution < 1.29 is 46.1 Å². The summed E-state index contributed by atoms with van der Waals surface area (Å²) in [5.41, 5.74) is 7.73. The van der Waals surface area contributed by atoms with Gasteiger partial charge >= 0.3 is 185 Å². The van der Waals surface area contributed by atoms with E-state index in [-0.39, 0.29) is 24.8 Å². The third-order valence-corrected chi connectivity index (χ3v) is 14.4. The second kappa shape index (κ2) is 11.2. The van der Waals surface area contributed by atoms with Gasteiger partial charge in [0, 0.05) is 0 Å². The molecule has 2 aliphatic rings. The van der Waals surface area contributed by atoms with Crippen LogP contribution in [-0.2, 0) is 21.3 Å². The van der Waals surface area contributed by atoms with Gasteiger partial charge in [0.2, 0.25) is 0 Å². The molecule has 2 aromatic rings. The Hall–Kier alpha value is -1.01. The van der Waals surface area contributed by atoms with Gasteiger partial charge in [0.1, 0.15) is 0 Å². The van der Waals surface area contributed by atoms with E-state index >= 15 is 0 Å². The molecule has 1 atom stereocenters. The van der Waals surface area contributed by atoms with Gasteiger partial charge in [-0.15, -0.1) is 0 Å². The fraction of sp³-hybridized carbons (Fsp3) is 0.321. The summed E-state index contributed by atoms with van der Waals surface area (Å²) in [6.45, 7) is 11.9. The smallest absolute Gasteiger partial charge is 1.00 e. The van der Waals surface area contributed by atoms with Gasteiger partial charge in [-0.2, -0.15) is 0 Å². The molecule has 3 heteroatoms. The minimum absolute atomic E-state index is 0. The zero-order chi connectivity index (χ0) is 20.5. The van der Waals surface area contributed by atoms with Crippen LogP contribution in [0.5, 0.6) is 0 Å². The quantitative estimate of drug-likeness (QED) is 0.550. The molecule has 31 heavy (non-hydrogen) atoms. The van der Waals surface area contributed by atoms with Gasteiger partial charge in [-0.25, -0.2) is 0 Å². The standard InChI is InChI=1S/C11H17.C9H7.C8H8.2ClH.Zr/c1-8(2)10-6-5-7-11(10)9(3)4;1-2-5-9-7-3-6-8(9)4-1;1-2-8-6-4-3-5-7-8;;;/h6,8-9H,7H2,1-4H3;1-7H;3-7H,1H3;2*1H;/q;;;;;+2/p-2. The molecule has 4 rings (SSSR count). The predicted octanol–water partition coefficient (Wildman–Crippen LogP) is 1.52. The number of benzene rings is 2. The Kier molecular flexibility index (Phi) is 9.50. The summed E-state index contributed by atoms with van der Waals surface area (Å²) in [5.74, 6) is 1.24. The average molecular weight is 531 g/mol. The van der Waals surface area contributed by atoms with Gasteiger partial charge < -0.3 is 24.8 Å². The van der Waals surface area contributed by atoms with Crippen LogP contribution in [0.2, 0.25) is 0 Å². The summed E-state index contributed by atoms with van der Waals surface area (Å²) < 4.78 is 4.08. The molecule has 0 N–H and O–H groups in total. The van der Waals surface area contributed by atoms with Crippen molar-refractivity contribution >= 4 is 9.28 Å². The van der Waals surface area contributed by atoms with Crippen LogP contribution in [0.25, 0.3) is 6.08 Å². The molecule has 1 unspecified atom stereocenters. The predicted molar refractivity (Wildman–Crippen MR) is 124 cm³/mol. The van der Waals surface area contributed by atoms with Crippen LogP contribution in [0, 0.1) is 11.8 Å². The van der Waals surface area contributed by atoms with Gasteiger partial charge in [-0.1, -0.05) is 0 Å². The number of allylic oxidation sites excluding steroid dienone is 5. The molecule has 0 saturated heterocycles. The SMILES string of the molecule is C/[C](c1ccccc1)=[Zr+2](\[C]1=CC(C(C)C)=C(C(C)C)C1)[CH]1C=Cc2ccccc21.[Cl-].[Cl-]. The molecule has 0 heterocycles. The molecule has 0 radical (unpaired) electrons. The van der Waals surface area contributed by atoms with Crippen molar-refractivity contribution in [3.8, 4) is 0 Å². The first-order valence-corrected chi connectivity index (χ1v) is 14.8. The molecule has 2 aliphatic carbocycles. The van der Waals surface area contributed by atoms with E-state index < -0.39 is 21.3 Å². The molecule has 0 aliphatic heterocycles. The molecule has 0 saturated carbocycles.